The summed E-state index contributed by atoms with van der Waals surface area (Å²) in [6, 6.07) is 8.49. The van der Waals surface area contributed by atoms with Gasteiger partial charge in [0, 0.05) is 11.8 Å². The molecule has 0 radical (unpaired) electrons. The number of hydrogen-bond acceptors (Lipinski definition) is 5. The van der Waals surface area contributed by atoms with Gasteiger partial charge in [-0.3, -0.25) is 9.20 Å². The number of benzene rings is 1. The SMILES string of the molecule is CCCc1c(C=Cc2ccc(OC)c(OC)c2)nc2ccc(C(=O)O)cn2c1=O. The molecule has 0 spiro atoms. The molecule has 0 aliphatic rings. The number of carbonyl (C=O) groups is 1. The molecule has 0 bridgehead atoms. The van der Waals surface area contributed by atoms with E-state index in [1.54, 1.807) is 20.3 Å². The largest absolute Gasteiger partial charge is 0.493 e. The van der Waals surface area contributed by atoms with Crippen LogP contribution in [-0.4, -0.2) is 34.7 Å². The highest BCUT2D eigenvalue weighted by Crippen LogP contribution is 2.28. The summed E-state index contributed by atoms with van der Waals surface area (Å²) >= 11 is 0. The predicted molar refractivity (Wildman–Crippen MR) is 111 cm³/mol. The van der Waals surface area contributed by atoms with E-state index in [1.165, 1.54) is 22.7 Å². The van der Waals surface area contributed by atoms with E-state index in [4.69, 9.17) is 9.47 Å². The predicted octanol–water partition coefficient (Wildman–Crippen LogP) is 3.53. The van der Waals surface area contributed by atoms with Crippen molar-refractivity contribution in [2.75, 3.05) is 14.2 Å². The maximum atomic E-state index is 13.0. The fraction of sp³-hybridized carbons (Fsp3) is 0.227. The molecule has 0 aliphatic heterocycles. The van der Waals surface area contributed by atoms with Crippen LogP contribution in [0.5, 0.6) is 11.5 Å². The van der Waals surface area contributed by atoms with Crippen molar-refractivity contribution in [2.45, 2.75) is 19.8 Å². The van der Waals surface area contributed by atoms with Gasteiger partial charge in [0.1, 0.15) is 5.65 Å². The molecule has 150 valence electrons. The first-order chi connectivity index (χ1) is 14.0. The van der Waals surface area contributed by atoms with Crippen LogP contribution < -0.4 is 15.0 Å². The number of fused-ring (bicyclic) bond motifs is 1. The monoisotopic (exact) mass is 394 g/mol. The summed E-state index contributed by atoms with van der Waals surface area (Å²) in [6.07, 6.45) is 6.26. The summed E-state index contributed by atoms with van der Waals surface area (Å²) in [5.74, 6) is 0.150. The lowest BCUT2D eigenvalue weighted by Gasteiger charge is -2.09. The molecule has 0 amide bonds. The molecule has 0 saturated carbocycles. The third-order valence-corrected chi connectivity index (χ3v) is 4.54. The van der Waals surface area contributed by atoms with Crippen molar-refractivity contribution in [1.29, 1.82) is 0 Å². The Morgan fingerprint density at radius 3 is 2.55 bits per heavy atom. The zero-order chi connectivity index (χ0) is 21.0. The molecular weight excluding hydrogens is 372 g/mol. The van der Waals surface area contributed by atoms with Crippen LogP contribution in [0.15, 0.2) is 41.3 Å². The fourth-order valence-corrected chi connectivity index (χ4v) is 3.07. The molecule has 0 atom stereocenters. The standard InChI is InChI=1S/C22H22N2O5/c1-4-5-16-17(9-6-14-7-10-18(28-2)19(12-14)29-3)23-20-11-8-15(22(26)27)13-24(20)21(16)25/h6-13H,4-5H2,1-3H3,(H,26,27). The quantitative estimate of drug-likeness (QED) is 0.659. The van der Waals surface area contributed by atoms with Crippen LogP contribution in [0.2, 0.25) is 0 Å². The Morgan fingerprint density at radius 2 is 1.90 bits per heavy atom. The summed E-state index contributed by atoms with van der Waals surface area (Å²) in [4.78, 5) is 28.8. The van der Waals surface area contributed by atoms with E-state index < -0.39 is 5.97 Å². The van der Waals surface area contributed by atoms with Gasteiger partial charge in [-0.2, -0.15) is 0 Å². The fourth-order valence-electron chi connectivity index (χ4n) is 3.07. The number of aromatic carboxylic acids is 1. The van der Waals surface area contributed by atoms with Crippen molar-refractivity contribution < 1.29 is 19.4 Å². The molecule has 1 N–H and O–H groups in total. The van der Waals surface area contributed by atoms with Gasteiger partial charge in [0.15, 0.2) is 11.5 Å². The summed E-state index contributed by atoms with van der Waals surface area (Å²) in [5.41, 5.74) is 2.16. The van der Waals surface area contributed by atoms with Gasteiger partial charge in [0.05, 0.1) is 25.5 Å². The van der Waals surface area contributed by atoms with E-state index in [9.17, 15) is 14.7 Å². The number of methoxy groups -OCH3 is 2. The third kappa shape index (κ3) is 4.13. The molecular formula is C22H22N2O5. The summed E-state index contributed by atoms with van der Waals surface area (Å²) < 4.78 is 11.9. The van der Waals surface area contributed by atoms with E-state index in [0.717, 1.165) is 12.0 Å². The second-order valence-electron chi connectivity index (χ2n) is 6.43. The first-order valence-corrected chi connectivity index (χ1v) is 9.17. The van der Waals surface area contributed by atoms with Crippen LogP contribution in [0.4, 0.5) is 0 Å². The molecule has 7 nitrogen and oxygen atoms in total. The molecule has 29 heavy (non-hydrogen) atoms. The maximum absolute atomic E-state index is 13.0. The topological polar surface area (TPSA) is 90.1 Å². The number of ether oxygens (including phenoxy) is 2. The number of aromatic nitrogens is 2. The number of hydrogen-bond donors (Lipinski definition) is 1. The lowest BCUT2D eigenvalue weighted by molar-refractivity contribution is 0.0696. The van der Waals surface area contributed by atoms with E-state index in [2.05, 4.69) is 4.98 Å². The van der Waals surface area contributed by atoms with Crippen LogP contribution in [0.25, 0.3) is 17.8 Å². The van der Waals surface area contributed by atoms with Gasteiger partial charge in [0.2, 0.25) is 0 Å². The van der Waals surface area contributed by atoms with Gasteiger partial charge in [-0.1, -0.05) is 25.5 Å². The van der Waals surface area contributed by atoms with Crippen molar-refractivity contribution in [2.24, 2.45) is 0 Å². The minimum absolute atomic E-state index is 0.0393. The minimum Gasteiger partial charge on any atom is -0.493 e. The van der Waals surface area contributed by atoms with Crippen molar-refractivity contribution >= 4 is 23.8 Å². The lowest BCUT2D eigenvalue weighted by atomic mass is 10.1. The summed E-state index contributed by atoms with van der Waals surface area (Å²) in [7, 11) is 3.15. The van der Waals surface area contributed by atoms with Gasteiger partial charge in [-0.15, -0.1) is 0 Å². The molecule has 3 rings (SSSR count). The highest BCUT2D eigenvalue weighted by molar-refractivity contribution is 5.87. The molecule has 0 unspecified atom stereocenters. The molecule has 0 aliphatic carbocycles. The van der Waals surface area contributed by atoms with E-state index in [0.29, 0.717) is 34.8 Å². The van der Waals surface area contributed by atoms with Gasteiger partial charge in [-0.05, 0) is 42.3 Å². The number of carboxylic acid groups (broad SMARTS) is 1. The molecule has 0 fully saturated rings. The van der Waals surface area contributed by atoms with Crippen molar-refractivity contribution in [3.8, 4) is 11.5 Å². The van der Waals surface area contributed by atoms with Gasteiger partial charge in [0.25, 0.3) is 5.56 Å². The smallest absolute Gasteiger partial charge is 0.337 e. The highest BCUT2D eigenvalue weighted by atomic mass is 16.5. The Kier molecular flexibility index (Phi) is 5.97. The minimum atomic E-state index is -1.09. The van der Waals surface area contributed by atoms with Crippen LogP contribution in [0.1, 0.15) is 40.5 Å². The van der Waals surface area contributed by atoms with E-state index in [-0.39, 0.29) is 11.1 Å². The summed E-state index contributed by atoms with van der Waals surface area (Å²) in [5, 5.41) is 9.19. The number of rotatable bonds is 7. The van der Waals surface area contributed by atoms with Crippen LogP contribution >= 0.6 is 0 Å². The average Bonchev–Trinajstić information content (AvgIpc) is 2.73. The molecule has 7 heteroatoms. The zero-order valence-corrected chi connectivity index (χ0v) is 16.5. The van der Waals surface area contributed by atoms with Gasteiger partial charge in [-0.25, -0.2) is 9.78 Å². The molecule has 2 heterocycles. The molecule has 2 aromatic heterocycles. The Balaban J connectivity index is 2.10. The Morgan fingerprint density at radius 1 is 1.14 bits per heavy atom. The van der Waals surface area contributed by atoms with Crippen molar-refractivity contribution in [3.63, 3.8) is 0 Å². The normalized spacial score (nSPS) is 11.1. The van der Waals surface area contributed by atoms with Crippen LogP contribution in [-0.2, 0) is 6.42 Å². The molecule has 3 aromatic rings. The third-order valence-electron chi connectivity index (χ3n) is 4.54. The van der Waals surface area contributed by atoms with Gasteiger partial charge < -0.3 is 14.6 Å². The first-order valence-electron chi connectivity index (χ1n) is 9.17. The molecule has 1 aromatic carbocycles. The molecule has 0 saturated heterocycles. The zero-order valence-electron chi connectivity index (χ0n) is 16.5. The van der Waals surface area contributed by atoms with Crippen LogP contribution in [0.3, 0.4) is 0 Å². The lowest BCUT2D eigenvalue weighted by Crippen LogP contribution is -2.22. The van der Waals surface area contributed by atoms with Crippen LogP contribution in [0, 0.1) is 0 Å². The number of pyridine rings is 1. The summed E-state index contributed by atoms with van der Waals surface area (Å²) in [6.45, 7) is 1.98. The maximum Gasteiger partial charge on any atom is 0.337 e. The Hall–Kier alpha value is -3.61. The van der Waals surface area contributed by atoms with Crippen molar-refractivity contribution in [1.82, 2.24) is 9.38 Å². The van der Waals surface area contributed by atoms with E-state index in [1.807, 2.05) is 31.2 Å². The number of nitrogens with zero attached hydrogens (tertiary/aromatic N) is 2. The van der Waals surface area contributed by atoms with Crippen molar-refractivity contribution in [3.05, 3.63) is 69.3 Å². The van der Waals surface area contributed by atoms with E-state index >= 15 is 0 Å². The van der Waals surface area contributed by atoms with Gasteiger partial charge >= 0.3 is 5.97 Å². The Labute approximate surface area is 167 Å². The second kappa shape index (κ2) is 8.60. The Bertz CT molecular complexity index is 1150. The number of carboxylic acids is 1. The first kappa shape index (κ1) is 20.1. The second-order valence-corrected chi connectivity index (χ2v) is 6.43. The highest BCUT2D eigenvalue weighted by Gasteiger charge is 2.12. The average molecular weight is 394 g/mol.